The molecule has 0 aliphatic carbocycles. The fraction of sp³-hybridized carbons (Fsp3) is 0.250. The van der Waals surface area contributed by atoms with Crippen LogP contribution in [0.25, 0.3) is 0 Å². The number of hydrogen-bond acceptors (Lipinski definition) is 3. The van der Waals surface area contributed by atoms with Crippen molar-refractivity contribution in [2.24, 2.45) is 0 Å². The van der Waals surface area contributed by atoms with Crippen LogP contribution in [0.15, 0.2) is 40.3 Å². The average Bonchev–Trinajstić information content (AvgIpc) is 2.36. The number of ether oxygens (including phenoxy) is 1. The summed E-state index contributed by atoms with van der Waals surface area (Å²) in [6, 6.07) is 7.16. The second-order valence-electron chi connectivity index (χ2n) is 3.54. The van der Waals surface area contributed by atoms with Gasteiger partial charge in [0.2, 0.25) is 0 Å². The molecule has 2 rings (SSSR count). The Balaban J connectivity index is 2.51. The van der Waals surface area contributed by atoms with E-state index in [0.29, 0.717) is 17.2 Å². The Morgan fingerprint density at radius 2 is 2.12 bits per heavy atom. The van der Waals surface area contributed by atoms with Crippen molar-refractivity contribution >= 4 is 22.4 Å². The standard InChI is InChI=1S/C12H13NO3S/c1-3-16-8-11-12(14)13(2)9-6-4-5-7-10(9)17(11)15/h4-8H,3H2,1-2H3. The molecular weight excluding hydrogens is 238 g/mol. The van der Waals surface area contributed by atoms with Gasteiger partial charge in [-0.25, -0.2) is 4.21 Å². The molecule has 1 aromatic carbocycles. The zero-order valence-electron chi connectivity index (χ0n) is 9.67. The molecule has 1 unspecified atom stereocenters. The first-order valence-corrected chi connectivity index (χ1v) is 6.42. The van der Waals surface area contributed by atoms with E-state index < -0.39 is 10.8 Å². The lowest BCUT2D eigenvalue weighted by Gasteiger charge is -2.26. The van der Waals surface area contributed by atoms with E-state index in [0.717, 1.165) is 0 Å². The summed E-state index contributed by atoms with van der Waals surface area (Å²) < 4.78 is 17.3. The van der Waals surface area contributed by atoms with Crippen molar-refractivity contribution in [2.45, 2.75) is 11.8 Å². The summed E-state index contributed by atoms with van der Waals surface area (Å²) in [4.78, 5) is 14.3. The molecule has 1 amide bonds. The SMILES string of the molecule is CCOC=C1C(=O)N(C)c2ccccc2S1=O. The van der Waals surface area contributed by atoms with E-state index in [4.69, 9.17) is 4.74 Å². The van der Waals surface area contributed by atoms with Gasteiger partial charge in [-0.1, -0.05) is 12.1 Å². The number of para-hydroxylation sites is 1. The van der Waals surface area contributed by atoms with Crippen LogP contribution in [0.4, 0.5) is 5.69 Å². The Hall–Kier alpha value is -1.62. The summed E-state index contributed by atoms with van der Waals surface area (Å²) in [5.74, 6) is -0.282. The summed E-state index contributed by atoms with van der Waals surface area (Å²) >= 11 is 0. The quantitative estimate of drug-likeness (QED) is 0.593. The first-order valence-electron chi connectivity index (χ1n) is 5.27. The fourth-order valence-corrected chi connectivity index (χ4v) is 2.90. The summed E-state index contributed by atoms with van der Waals surface area (Å²) in [5.41, 5.74) is 0.685. The second kappa shape index (κ2) is 4.71. The Kier molecular flexibility index (Phi) is 3.28. The minimum atomic E-state index is -1.46. The Bertz CT molecular complexity index is 510. The number of nitrogens with zero attached hydrogens (tertiary/aromatic N) is 1. The van der Waals surface area contributed by atoms with Crippen molar-refractivity contribution in [3.8, 4) is 0 Å². The van der Waals surface area contributed by atoms with Crippen molar-refractivity contribution in [2.75, 3.05) is 18.6 Å². The predicted molar refractivity (Wildman–Crippen MR) is 66.0 cm³/mol. The summed E-state index contributed by atoms with van der Waals surface area (Å²) in [6.45, 7) is 2.25. The van der Waals surface area contributed by atoms with Crippen LogP contribution in [0.2, 0.25) is 0 Å². The molecule has 17 heavy (non-hydrogen) atoms. The smallest absolute Gasteiger partial charge is 0.270 e. The number of rotatable bonds is 2. The Labute approximate surface area is 102 Å². The van der Waals surface area contributed by atoms with Gasteiger partial charge in [-0.3, -0.25) is 4.79 Å². The highest BCUT2D eigenvalue weighted by atomic mass is 32.2. The molecule has 0 aromatic heterocycles. The maximum absolute atomic E-state index is 12.2. The van der Waals surface area contributed by atoms with E-state index in [-0.39, 0.29) is 10.8 Å². The first kappa shape index (κ1) is 11.9. The zero-order chi connectivity index (χ0) is 12.4. The first-order chi connectivity index (χ1) is 8.16. The molecule has 0 saturated heterocycles. The van der Waals surface area contributed by atoms with Crippen LogP contribution in [0, 0.1) is 0 Å². The number of benzene rings is 1. The molecular formula is C12H13NO3S. The van der Waals surface area contributed by atoms with Crippen LogP contribution in [-0.4, -0.2) is 23.8 Å². The molecule has 0 radical (unpaired) electrons. The van der Waals surface area contributed by atoms with E-state index in [9.17, 15) is 9.00 Å². The van der Waals surface area contributed by atoms with Crippen LogP contribution >= 0.6 is 0 Å². The van der Waals surface area contributed by atoms with Crippen molar-refractivity contribution in [1.29, 1.82) is 0 Å². The van der Waals surface area contributed by atoms with Gasteiger partial charge in [0.05, 0.1) is 28.0 Å². The highest BCUT2D eigenvalue weighted by Gasteiger charge is 2.31. The highest BCUT2D eigenvalue weighted by Crippen LogP contribution is 2.32. The number of carbonyl (C=O) groups is 1. The van der Waals surface area contributed by atoms with Crippen LogP contribution in [0.5, 0.6) is 0 Å². The Morgan fingerprint density at radius 3 is 2.82 bits per heavy atom. The van der Waals surface area contributed by atoms with Gasteiger partial charge in [0.15, 0.2) is 0 Å². The minimum Gasteiger partial charge on any atom is -0.500 e. The molecule has 1 heterocycles. The fourth-order valence-electron chi connectivity index (χ4n) is 1.62. The third-order valence-electron chi connectivity index (χ3n) is 2.50. The number of fused-ring (bicyclic) bond motifs is 1. The molecule has 1 aliphatic rings. The molecule has 5 heteroatoms. The summed E-state index contributed by atoms with van der Waals surface area (Å²) in [5, 5.41) is 0. The maximum atomic E-state index is 12.2. The third-order valence-corrected chi connectivity index (χ3v) is 3.91. The lowest BCUT2D eigenvalue weighted by atomic mass is 10.3. The van der Waals surface area contributed by atoms with Crippen LogP contribution in [-0.2, 0) is 20.3 Å². The molecule has 0 fully saturated rings. The third kappa shape index (κ3) is 1.98. The molecule has 0 saturated carbocycles. The molecule has 0 spiro atoms. The number of hydrogen-bond donors (Lipinski definition) is 0. The van der Waals surface area contributed by atoms with E-state index in [1.807, 2.05) is 13.0 Å². The lowest BCUT2D eigenvalue weighted by Crippen LogP contribution is -2.34. The van der Waals surface area contributed by atoms with E-state index in [1.54, 1.807) is 25.2 Å². The van der Waals surface area contributed by atoms with Crippen LogP contribution in [0.3, 0.4) is 0 Å². The normalized spacial score (nSPS) is 21.5. The molecule has 1 aliphatic heterocycles. The van der Waals surface area contributed by atoms with Crippen LogP contribution in [0.1, 0.15) is 6.92 Å². The number of amides is 1. The van der Waals surface area contributed by atoms with Gasteiger partial charge in [0.1, 0.15) is 11.2 Å². The Morgan fingerprint density at radius 1 is 1.41 bits per heavy atom. The van der Waals surface area contributed by atoms with Gasteiger partial charge >= 0.3 is 0 Å². The van der Waals surface area contributed by atoms with Crippen molar-refractivity contribution in [3.05, 3.63) is 35.4 Å². The van der Waals surface area contributed by atoms with Gasteiger partial charge in [-0.15, -0.1) is 0 Å². The van der Waals surface area contributed by atoms with Crippen molar-refractivity contribution < 1.29 is 13.7 Å². The topological polar surface area (TPSA) is 46.6 Å². The van der Waals surface area contributed by atoms with Crippen molar-refractivity contribution in [1.82, 2.24) is 0 Å². The highest BCUT2D eigenvalue weighted by molar-refractivity contribution is 7.90. The zero-order valence-corrected chi connectivity index (χ0v) is 10.5. The predicted octanol–water partition coefficient (Wildman–Crippen LogP) is 1.65. The summed E-state index contributed by atoms with van der Waals surface area (Å²) in [6.07, 6.45) is 1.30. The average molecular weight is 251 g/mol. The van der Waals surface area contributed by atoms with E-state index in [1.165, 1.54) is 11.2 Å². The van der Waals surface area contributed by atoms with E-state index in [2.05, 4.69) is 0 Å². The van der Waals surface area contributed by atoms with E-state index >= 15 is 0 Å². The van der Waals surface area contributed by atoms with Crippen LogP contribution < -0.4 is 4.90 Å². The lowest BCUT2D eigenvalue weighted by molar-refractivity contribution is -0.114. The molecule has 1 aromatic rings. The number of carbonyl (C=O) groups excluding carboxylic acids is 1. The minimum absolute atomic E-state index is 0.188. The monoisotopic (exact) mass is 251 g/mol. The molecule has 0 N–H and O–H groups in total. The van der Waals surface area contributed by atoms with Gasteiger partial charge in [-0.05, 0) is 19.1 Å². The van der Waals surface area contributed by atoms with Crippen molar-refractivity contribution in [3.63, 3.8) is 0 Å². The summed E-state index contributed by atoms with van der Waals surface area (Å²) in [7, 11) is 0.204. The molecule has 1 atom stereocenters. The van der Waals surface area contributed by atoms with Gasteiger partial charge in [0, 0.05) is 7.05 Å². The van der Waals surface area contributed by atoms with Gasteiger partial charge < -0.3 is 9.64 Å². The number of likely N-dealkylation sites (N-methyl/N-ethyl adjacent to an activating group) is 1. The molecule has 90 valence electrons. The maximum Gasteiger partial charge on any atom is 0.270 e. The molecule has 4 nitrogen and oxygen atoms in total. The number of anilines is 1. The molecule has 0 bridgehead atoms. The van der Waals surface area contributed by atoms with Gasteiger partial charge in [-0.2, -0.15) is 0 Å². The van der Waals surface area contributed by atoms with Gasteiger partial charge in [0.25, 0.3) is 5.91 Å². The largest absolute Gasteiger partial charge is 0.500 e. The second-order valence-corrected chi connectivity index (χ2v) is 4.96.